The van der Waals surface area contributed by atoms with Crippen molar-refractivity contribution in [2.24, 2.45) is 7.05 Å². The van der Waals surface area contributed by atoms with Crippen LogP contribution in [0.25, 0.3) is 0 Å². The van der Waals surface area contributed by atoms with Crippen molar-refractivity contribution in [1.29, 1.82) is 0 Å². The molecule has 0 radical (unpaired) electrons. The number of nitrogens with zero attached hydrogens (tertiary/aromatic N) is 6. The molecule has 2 aromatic heterocycles. The highest BCUT2D eigenvalue weighted by molar-refractivity contribution is 14.1. The first-order valence-corrected chi connectivity index (χ1v) is 13.8. The maximum Gasteiger partial charge on any atom is 0.257 e. The van der Waals surface area contributed by atoms with E-state index in [2.05, 4.69) is 62.7 Å². The van der Waals surface area contributed by atoms with Crippen LogP contribution in [0.3, 0.4) is 0 Å². The monoisotopic (exact) mass is 534 g/mol. The van der Waals surface area contributed by atoms with Gasteiger partial charge in [-0.05, 0) is 41.4 Å². The highest BCUT2D eigenvalue weighted by atomic mass is 127. The van der Waals surface area contributed by atoms with Crippen molar-refractivity contribution in [1.82, 2.24) is 29.4 Å². The van der Waals surface area contributed by atoms with Crippen molar-refractivity contribution in [3.05, 3.63) is 33.4 Å². The van der Waals surface area contributed by atoms with Crippen molar-refractivity contribution >= 4 is 38.5 Å². The Labute approximate surface area is 188 Å². The van der Waals surface area contributed by atoms with Crippen LogP contribution >= 0.6 is 32.6 Å². The van der Waals surface area contributed by atoms with E-state index < -0.39 is 10.0 Å². The number of aromatic nitrogens is 4. The van der Waals surface area contributed by atoms with E-state index in [1.54, 1.807) is 17.1 Å². The van der Waals surface area contributed by atoms with Gasteiger partial charge in [0.2, 0.25) is 0 Å². The van der Waals surface area contributed by atoms with E-state index >= 15 is 0 Å². The summed E-state index contributed by atoms with van der Waals surface area (Å²) in [5.74, 6) is 1.18. The quantitative estimate of drug-likeness (QED) is 0.382. The highest BCUT2D eigenvalue weighted by Gasteiger charge is 2.23. The van der Waals surface area contributed by atoms with Gasteiger partial charge in [-0.25, -0.2) is 14.7 Å². The number of hydrogen-bond donors (Lipinski definition) is 0. The van der Waals surface area contributed by atoms with E-state index in [0.717, 1.165) is 48.8 Å². The molecule has 1 aliphatic rings. The van der Waals surface area contributed by atoms with Gasteiger partial charge in [0.05, 0.1) is 18.4 Å². The molecule has 2 aromatic rings. The van der Waals surface area contributed by atoms with Crippen LogP contribution in [0.2, 0.25) is 0 Å². The summed E-state index contributed by atoms with van der Waals surface area (Å²) in [4.78, 5) is 16.8. The number of amides is 1. The Bertz CT molecular complexity index is 823. The minimum Gasteiger partial charge on any atom is -0.358 e. The van der Waals surface area contributed by atoms with Crippen LogP contribution in [0.4, 0.5) is 0 Å². The number of ether oxygens (including phenoxy) is 1. The summed E-state index contributed by atoms with van der Waals surface area (Å²) in [5.41, 5.74) is 1.87. The SMILES string of the molecule is Cn1cc(C(=O)N2CCN(Cc3cn(COCCS(C)(C)C)nc3I)CC2)cn1. The predicted molar refractivity (Wildman–Crippen MR) is 126 cm³/mol. The molecule has 3 heterocycles. The van der Waals surface area contributed by atoms with Gasteiger partial charge in [-0.15, -0.1) is 0 Å². The highest BCUT2D eigenvalue weighted by Crippen LogP contribution is 2.33. The van der Waals surface area contributed by atoms with E-state index in [1.807, 2.05) is 16.6 Å². The molecule has 0 atom stereocenters. The van der Waals surface area contributed by atoms with E-state index in [-0.39, 0.29) is 5.91 Å². The van der Waals surface area contributed by atoms with Crippen LogP contribution in [0.15, 0.2) is 18.6 Å². The van der Waals surface area contributed by atoms with Gasteiger partial charge in [0, 0.05) is 63.5 Å². The van der Waals surface area contributed by atoms with Crippen molar-refractivity contribution < 1.29 is 9.53 Å². The molecular formula is C19H31IN6O2S. The molecule has 1 aliphatic heterocycles. The Morgan fingerprint density at radius 3 is 2.55 bits per heavy atom. The third kappa shape index (κ3) is 6.69. The molecule has 0 unspecified atom stereocenters. The molecule has 0 spiro atoms. The fourth-order valence-corrected chi connectivity index (χ4v) is 4.35. The van der Waals surface area contributed by atoms with E-state index in [4.69, 9.17) is 4.74 Å². The first-order valence-electron chi connectivity index (χ1n) is 9.67. The maximum atomic E-state index is 12.5. The summed E-state index contributed by atoms with van der Waals surface area (Å²) in [5, 5.41) is 8.67. The average Bonchev–Trinajstić information content (AvgIpc) is 3.24. The number of carbonyl (C=O) groups excluding carboxylic acids is 1. The molecule has 29 heavy (non-hydrogen) atoms. The molecule has 1 amide bonds. The zero-order valence-electron chi connectivity index (χ0n) is 17.7. The molecular weight excluding hydrogens is 503 g/mol. The lowest BCUT2D eigenvalue weighted by Crippen LogP contribution is -2.48. The molecule has 0 aliphatic carbocycles. The van der Waals surface area contributed by atoms with Gasteiger partial charge >= 0.3 is 0 Å². The van der Waals surface area contributed by atoms with Gasteiger partial charge < -0.3 is 9.64 Å². The molecule has 1 saturated heterocycles. The normalized spacial score (nSPS) is 16.4. The predicted octanol–water partition coefficient (Wildman–Crippen LogP) is 1.85. The molecule has 0 saturated carbocycles. The Hall–Kier alpha value is -1.11. The number of halogens is 1. The lowest BCUT2D eigenvalue weighted by atomic mass is 10.2. The number of rotatable bonds is 8. The van der Waals surface area contributed by atoms with Crippen LogP contribution in [0, 0.1) is 3.70 Å². The second-order valence-corrected chi connectivity index (χ2v) is 13.9. The van der Waals surface area contributed by atoms with Crippen molar-refractivity contribution in [3.63, 3.8) is 0 Å². The van der Waals surface area contributed by atoms with Crippen molar-refractivity contribution in [2.75, 3.05) is 57.3 Å². The second-order valence-electron chi connectivity index (χ2n) is 8.29. The van der Waals surface area contributed by atoms with E-state index in [0.29, 0.717) is 12.3 Å². The summed E-state index contributed by atoms with van der Waals surface area (Å²) < 4.78 is 10.4. The van der Waals surface area contributed by atoms with Gasteiger partial charge in [-0.1, -0.05) is 0 Å². The zero-order valence-corrected chi connectivity index (χ0v) is 20.6. The van der Waals surface area contributed by atoms with E-state index in [9.17, 15) is 4.79 Å². The summed E-state index contributed by atoms with van der Waals surface area (Å²) in [6.45, 7) is 5.30. The van der Waals surface area contributed by atoms with Gasteiger partial charge in [0.1, 0.15) is 10.4 Å². The summed E-state index contributed by atoms with van der Waals surface area (Å²) in [6.07, 6.45) is 12.4. The molecule has 1 fully saturated rings. The van der Waals surface area contributed by atoms with Crippen molar-refractivity contribution in [3.8, 4) is 0 Å². The third-order valence-electron chi connectivity index (χ3n) is 4.85. The number of hydrogen-bond acceptors (Lipinski definition) is 5. The van der Waals surface area contributed by atoms with Gasteiger partial charge in [-0.3, -0.25) is 14.4 Å². The summed E-state index contributed by atoms with van der Waals surface area (Å²) in [6, 6.07) is 0. The largest absolute Gasteiger partial charge is 0.358 e. The minimum atomic E-state index is -0.523. The van der Waals surface area contributed by atoms with Crippen LogP contribution in [-0.2, 0) is 25.1 Å². The summed E-state index contributed by atoms with van der Waals surface area (Å²) >= 11 is 2.29. The fourth-order valence-electron chi connectivity index (χ4n) is 3.14. The van der Waals surface area contributed by atoms with Crippen LogP contribution < -0.4 is 0 Å². The molecule has 0 N–H and O–H groups in total. The Balaban J connectivity index is 1.45. The standard InChI is InChI=1S/C19H31IN6O2S/c1-23-12-16(11-21-23)19(27)25-7-5-24(6-8-25)13-17-14-26(22-18(17)20)15-28-9-10-29(2,3)4/h11-12,14H,5-10,13,15H2,1-4H3. The topological polar surface area (TPSA) is 68.4 Å². The maximum absolute atomic E-state index is 12.5. The number of piperazine rings is 1. The smallest absolute Gasteiger partial charge is 0.257 e. The third-order valence-corrected chi connectivity index (χ3v) is 7.15. The molecule has 10 heteroatoms. The zero-order chi connectivity index (χ0) is 21.0. The molecule has 0 bridgehead atoms. The first-order chi connectivity index (χ1) is 13.7. The first kappa shape index (κ1) is 22.6. The van der Waals surface area contributed by atoms with Gasteiger partial charge in [-0.2, -0.15) is 10.2 Å². The lowest BCUT2D eigenvalue weighted by Gasteiger charge is -2.34. The van der Waals surface area contributed by atoms with E-state index in [1.165, 1.54) is 5.56 Å². The molecule has 162 valence electrons. The van der Waals surface area contributed by atoms with Crippen LogP contribution in [-0.4, -0.2) is 92.6 Å². The Morgan fingerprint density at radius 1 is 1.21 bits per heavy atom. The number of carbonyl (C=O) groups is 1. The molecule has 8 nitrogen and oxygen atoms in total. The Morgan fingerprint density at radius 2 is 1.93 bits per heavy atom. The van der Waals surface area contributed by atoms with Crippen LogP contribution in [0.5, 0.6) is 0 Å². The fraction of sp³-hybridized carbons (Fsp3) is 0.632. The number of aryl methyl sites for hydroxylation is 1. The van der Waals surface area contributed by atoms with Crippen LogP contribution in [0.1, 0.15) is 15.9 Å². The molecule has 3 rings (SSSR count). The summed E-state index contributed by atoms with van der Waals surface area (Å²) in [7, 11) is 1.30. The minimum absolute atomic E-state index is 0.0643. The van der Waals surface area contributed by atoms with Gasteiger partial charge in [0.25, 0.3) is 5.91 Å². The average molecular weight is 534 g/mol. The van der Waals surface area contributed by atoms with Gasteiger partial charge in [0.15, 0.2) is 0 Å². The van der Waals surface area contributed by atoms with Crippen molar-refractivity contribution in [2.45, 2.75) is 13.3 Å². The molecule has 0 aromatic carbocycles. The second kappa shape index (κ2) is 9.80. The lowest BCUT2D eigenvalue weighted by molar-refractivity contribution is 0.0627. The Kier molecular flexibility index (Phi) is 7.63.